The average Bonchev–Trinajstić information content (AvgIpc) is 2.44. The van der Waals surface area contributed by atoms with Gasteiger partial charge in [-0.1, -0.05) is 55.4 Å². The Balaban J connectivity index is -0.0000000533. The van der Waals surface area contributed by atoms with E-state index in [0.29, 0.717) is 0 Å². The fraction of sp³-hybridized carbons (Fsp3) is 1.00. The lowest BCUT2D eigenvalue weighted by Gasteiger charge is -1.80. The lowest BCUT2D eigenvalue weighted by molar-refractivity contribution is 1.44. The zero-order valence-corrected chi connectivity index (χ0v) is 21.8. The highest BCUT2D eigenvalue weighted by molar-refractivity contribution is 7.38. The van der Waals surface area contributed by atoms with Crippen LogP contribution < -0.4 is 0 Å². The first kappa shape index (κ1) is 34.5. The maximum absolute atomic E-state index is 2.22. The molecule has 136 valence electrons. The molecule has 0 fully saturated rings. The molecule has 0 aromatic heterocycles. The molecule has 5 heteroatoms. The van der Waals surface area contributed by atoms with Crippen molar-refractivity contribution in [2.75, 3.05) is 49.3 Å². The summed E-state index contributed by atoms with van der Waals surface area (Å²) in [7, 11) is 4.79. The monoisotopic (exact) mass is 394 g/mol. The van der Waals surface area contributed by atoms with Gasteiger partial charge in [0.15, 0.2) is 0 Å². The number of rotatable bonds is 8. The molecule has 1 unspecified atom stereocenters. The third kappa shape index (κ3) is 87.3. The summed E-state index contributed by atoms with van der Waals surface area (Å²) in [6.45, 7) is 17.8. The minimum atomic E-state index is 0. The summed E-state index contributed by atoms with van der Waals surface area (Å²) in [5.41, 5.74) is 0. The van der Waals surface area contributed by atoms with Gasteiger partial charge in [-0.25, -0.2) is 0 Å². The molecule has 0 spiro atoms. The van der Waals surface area contributed by atoms with Gasteiger partial charge in [-0.2, -0.15) is 9.90 Å². The van der Waals surface area contributed by atoms with Gasteiger partial charge < -0.3 is 0 Å². The first-order valence-corrected chi connectivity index (χ1v) is 14.1. The van der Waals surface area contributed by atoms with Crippen LogP contribution in [0, 0.1) is 0 Å². The van der Waals surface area contributed by atoms with Crippen molar-refractivity contribution in [3.63, 3.8) is 0 Å². The van der Waals surface area contributed by atoms with Crippen molar-refractivity contribution in [3.05, 3.63) is 0 Å². The third-order valence-corrected chi connectivity index (χ3v) is 6.00. The highest BCUT2D eigenvalue weighted by Crippen LogP contribution is 2.05. The van der Waals surface area contributed by atoms with E-state index in [4.69, 9.17) is 0 Å². The Morgan fingerprint density at radius 1 is 0.333 bits per heavy atom. The van der Waals surface area contributed by atoms with Gasteiger partial charge in [-0.05, 0) is 49.3 Å². The Morgan fingerprint density at radius 2 is 0.429 bits per heavy atom. The zero-order chi connectivity index (χ0) is 16.5. The van der Waals surface area contributed by atoms with Crippen molar-refractivity contribution in [3.8, 4) is 0 Å². The maximum Gasteiger partial charge on any atom is -0.0382 e. The van der Waals surface area contributed by atoms with E-state index in [1.54, 1.807) is 0 Å². The van der Waals surface area contributed by atoms with Gasteiger partial charge in [-0.3, -0.25) is 0 Å². The second-order valence-corrected chi connectivity index (χ2v) is 11.5. The molecule has 0 rings (SSSR count). The van der Waals surface area contributed by atoms with Crippen LogP contribution in [0.25, 0.3) is 0 Å². The Morgan fingerprint density at radius 3 is 0.429 bits per heavy atom. The molecule has 0 aliphatic carbocycles. The summed E-state index contributed by atoms with van der Waals surface area (Å²) in [5, 5.41) is 0. The van der Waals surface area contributed by atoms with Gasteiger partial charge in [0.25, 0.3) is 0 Å². The van der Waals surface area contributed by atoms with Crippen LogP contribution in [0.5, 0.6) is 0 Å². The zero-order valence-electron chi connectivity index (χ0n) is 16.4. The summed E-state index contributed by atoms with van der Waals surface area (Å²) >= 11 is 0. The molecule has 0 aromatic carbocycles. The van der Waals surface area contributed by atoms with Crippen molar-refractivity contribution in [2.45, 2.75) is 55.4 Å². The van der Waals surface area contributed by atoms with Gasteiger partial charge in [-0.15, -0.1) is 34.3 Å². The molecule has 0 saturated heterocycles. The average molecular weight is 394 g/mol. The minimum Gasteiger partial charge on any atom is -0.153 e. The molecule has 0 heterocycles. The van der Waals surface area contributed by atoms with Crippen molar-refractivity contribution in [2.24, 2.45) is 0 Å². The molecule has 0 nitrogen and oxygen atoms in total. The van der Waals surface area contributed by atoms with Crippen LogP contribution in [0.2, 0.25) is 0 Å². The highest BCUT2D eigenvalue weighted by Gasteiger charge is 1.68. The van der Waals surface area contributed by atoms with Crippen LogP contribution in [-0.4, -0.2) is 49.3 Å². The predicted octanol–water partition coefficient (Wildman–Crippen LogP) is 6.88. The lowest BCUT2D eigenvalue weighted by Crippen LogP contribution is -1.59. The van der Waals surface area contributed by atoms with Crippen LogP contribution in [-0.2, 0) is 0 Å². The van der Waals surface area contributed by atoms with Crippen molar-refractivity contribution >= 4 is 44.2 Å². The van der Waals surface area contributed by atoms with Crippen LogP contribution in [0.15, 0.2) is 0 Å². The van der Waals surface area contributed by atoms with Crippen LogP contribution in [0.1, 0.15) is 55.4 Å². The molecule has 21 heavy (non-hydrogen) atoms. The first-order valence-electron chi connectivity index (χ1n) is 8.49. The molecule has 0 N–H and O–H groups in total. The highest BCUT2D eigenvalue weighted by atomic mass is 31.1. The van der Waals surface area contributed by atoms with E-state index in [0.717, 1.165) is 0 Å². The van der Waals surface area contributed by atoms with E-state index in [1.807, 2.05) is 0 Å². The van der Waals surface area contributed by atoms with E-state index in [1.165, 1.54) is 83.6 Å². The van der Waals surface area contributed by atoms with E-state index < -0.39 is 0 Å². The normalized spacial score (nSPS) is 8.00. The fourth-order valence-corrected chi connectivity index (χ4v) is 3.00. The Hall–Kier alpha value is 2.15. The smallest absolute Gasteiger partial charge is 0.0382 e. The van der Waals surface area contributed by atoms with E-state index in [-0.39, 0.29) is 9.90 Å². The molecule has 0 radical (unpaired) electrons. The molecular weight excluding hydrogens is 347 g/mol. The second-order valence-electron chi connectivity index (χ2n) is 3.83. The summed E-state index contributed by atoms with van der Waals surface area (Å²) in [6, 6.07) is 0. The number of hydrogen-bond donors (Lipinski definition) is 0. The summed E-state index contributed by atoms with van der Waals surface area (Å²) in [5.74, 6) is 0. The fourth-order valence-electron chi connectivity index (χ4n) is 1.000. The summed E-state index contributed by atoms with van der Waals surface area (Å²) in [4.78, 5) is 0. The van der Waals surface area contributed by atoms with E-state index in [9.17, 15) is 0 Å². The van der Waals surface area contributed by atoms with Crippen LogP contribution in [0.4, 0.5) is 0 Å². The third-order valence-electron chi connectivity index (χ3n) is 2.00. The maximum atomic E-state index is 2.22. The second kappa shape index (κ2) is 49.5. The van der Waals surface area contributed by atoms with Crippen LogP contribution in [0.3, 0.4) is 0 Å². The Bertz CT molecular complexity index is 70.7. The SMILES string of the molecule is CCPCC.CCPCC.CCPCC.CCPCC.P. The predicted molar refractivity (Wildman–Crippen MR) is 129 cm³/mol. The van der Waals surface area contributed by atoms with Gasteiger partial charge in [0.05, 0.1) is 0 Å². The Kier molecular flexibility index (Phi) is 81.2. The first-order chi connectivity index (χ1) is 9.66. The van der Waals surface area contributed by atoms with Gasteiger partial charge in [0, 0.05) is 0 Å². The van der Waals surface area contributed by atoms with Gasteiger partial charge in [0.2, 0.25) is 0 Å². The Labute approximate surface area is 149 Å². The van der Waals surface area contributed by atoms with E-state index >= 15 is 0 Å². The number of hydrogen-bond acceptors (Lipinski definition) is 0. The minimum absolute atomic E-state index is 0. The topological polar surface area (TPSA) is 0 Å². The molecule has 0 saturated carbocycles. The summed E-state index contributed by atoms with van der Waals surface area (Å²) < 4.78 is 0. The molecule has 0 amide bonds. The quantitative estimate of drug-likeness (QED) is 0.394. The molecule has 1 atom stereocenters. The van der Waals surface area contributed by atoms with Crippen molar-refractivity contribution < 1.29 is 0 Å². The largest absolute Gasteiger partial charge is 0.153 e. The molecule has 0 bridgehead atoms. The van der Waals surface area contributed by atoms with Gasteiger partial charge >= 0.3 is 0 Å². The molecule has 0 aliphatic heterocycles. The van der Waals surface area contributed by atoms with Crippen LogP contribution >= 0.6 is 44.2 Å². The standard InChI is InChI=1S/4C4H11P.H3P/c4*1-3-5-4-2;/h4*5H,3-4H2,1-2H3;1H3. The van der Waals surface area contributed by atoms with Crippen molar-refractivity contribution in [1.82, 2.24) is 0 Å². The van der Waals surface area contributed by atoms with Gasteiger partial charge in [0.1, 0.15) is 0 Å². The van der Waals surface area contributed by atoms with E-state index in [2.05, 4.69) is 55.4 Å². The molecule has 0 aliphatic rings. The lowest BCUT2D eigenvalue weighted by atomic mass is 11.0. The molecular formula is C16H47P5. The summed E-state index contributed by atoms with van der Waals surface area (Å²) in [6.07, 6.45) is 11.0. The molecule has 0 aromatic rings. The van der Waals surface area contributed by atoms with Crippen molar-refractivity contribution in [1.29, 1.82) is 0 Å².